The Hall–Kier alpha value is -1.88. The number of rotatable bonds is 5. The Balaban J connectivity index is 2.12. The fourth-order valence-electron chi connectivity index (χ4n) is 2.64. The molecule has 1 aliphatic heterocycles. The average molecular weight is 277 g/mol. The summed E-state index contributed by atoms with van der Waals surface area (Å²) in [6.45, 7) is 1.10. The molecule has 0 saturated carbocycles. The topological polar surface area (TPSA) is 66.8 Å². The summed E-state index contributed by atoms with van der Waals surface area (Å²) >= 11 is 0. The molecule has 0 bridgehead atoms. The third kappa shape index (κ3) is 3.17. The Morgan fingerprint density at radius 2 is 2.00 bits per heavy atom. The Bertz CT molecular complexity index is 474. The number of benzene rings is 1. The first-order valence-corrected chi connectivity index (χ1v) is 6.68. The van der Waals surface area contributed by atoms with Crippen LogP contribution in [0.15, 0.2) is 30.3 Å². The van der Waals surface area contributed by atoms with Crippen LogP contribution in [0.2, 0.25) is 0 Å². The third-order valence-electron chi connectivity index (χ3n) is 3.74. The molecule has 1 N–H and O–H groups in total. The van der Waals surface area contributed by atoms with E-state index in [4.69, 9.17) is 4.74 Å². The number of nitrogens with zero attached hydrogens (tertiary/aromatic N) is 1. The molecule has 1 aromatic rings. The second-order valence-corrected chi connectivity index (χ2v) is 5.00. The molecule has 20 heavy (non-hydrogen) atoms. The minimum Gasteiger partial charge on any atom is -0.481 e. The number of carboxylic acid groups (broad SMARTS) is 1. The summed E-state index contributed by atoms with van der Waals surface area (Å²) in [5, 5.41) is 9.36. The lowest BCUT2D eigenvalue weighted by atomic mass is 9.89. The van der Waals surface area contributed by atoms with Crippen molar-refractivity contribution in [2.75, 3.05) is 26.8 Å². The van der Waals surface area contributed by atoms with Gasteiger partial charge in [0.1, 0.15) is 0 Å². The maximum Gasteiger partial charge on any atom is 0.308 e. The van der Waals surface area contributed by atoms with Crippen LogP contribution in [-0.2, 0) is 14.3 Å². The van der Waals surface area contributed by atoms with E-state index in [0.717, 1.165) is 5.56 Å². The van der Waals surface area contributed by atoms with E-state index in [2.05, 4.69) is 0 Å². The highest BCUT2D eigenvalue weighted by atomic mass is 16.5. The first-order chi connectivity index (χ1) is 9.63. The van der Waals surface area contributed by atoms with Gasteiger partial charge in [-0.3, -0.25) is 9.59 Å². The van der Waals surface area contributed by atoms with Crippen LogP contribution in [0, 0.1) is 5.92 Å². The number of aliphatic carboxylic acids is 1. The molecule has 2 atom stereocenters. The van der Waals surface area contributed by atoms with Crippen molar-refractivity contribution in [3.8, 4) is 0 Å². The van der Waals surface area contributed by atoms with E-state index in [1.165, 1.54) is 0 Å². The quantitative estimate of drug-likeness (QED) is 0.882. The Kier molecular flexibility index (Phi) is 4.74. The third-order valence-corrected chi connectivity index (χ3v) is 3.74. The van der Waals surface area contributed by atoms with Crippen LogP contribution in [0.1, 0.15) is 17.9 Å². The summed E-state index contributed by atoms with van der Waals surface area (Å²) in [6, 6.07) is 9.52. The highest BCUT2D eigenvalue weighted by Crippen LogP contribution is 2.33. The van der Waals surface area contributed by atoms with Crippen molar-refractivity contribution in [3.05, 3.63) is 35.9 Å². The van der Waals surface area contributed by atoms with Gasteiger partial charge < -0.3 is 14.7 Å². The largest absolute Gasteiger partial charge is 0.481 e. The number of amides is 1. The minimum absolute atomic E-state index is 0.0449. The molecule has 1 aliphatic rings. The summed E-state index contributed by atoms with van der Waals surface area (Å²) in [4.78, 5) is 25.0. The predicted octanol–water partition coefficient (Wildman–Crippen LogP) is 1.35. The standard InChI is InChI=1S/C15H19NO4/c1-20-8-7-14(17)16-9-12(13(10-16)15(18)19)11-5-3-2-4-6-11/h2-6,12-13H,7-10H2,1H3,(H,18,19)/t12-,13-/m0/s1. The first kappa shape index (κ1) is 14.5. The van der Waals surface area contributed by atoms with Crippen LogP contribution in [0.4, 0.5) is 0 Å². The van der Waals surface area contributed by atoms with Gasteiger partial charge in [-0.2, -0.15) is 0 Å². The summed E-state index contributed by atoms with van der Waals surface area (Å²) in [6.07, 6.45) is 0.296. The Labute approximate surface area is 118 Å². The molecular formula is C15H19NO4. The number of likely N-dealkylation sites (tertiary alicyclic amines) is 1. The van der Waals surface area contributed by atoms with Crippen molar-refractivity contribution < 1.29 is 19.4 Å². The van der Waals surface area contributed by atoms with Crippen molar-refractivity contribution in [2.45, 2.75) is 12.3 Å². The van der Waals surface area contributed by atoms with E-state index in [1.54, 1.807) is 12.0 Å². The number of ether oxygens (including phenoxy) is 1. The van der Waals surface area contributed by atoms with Crippen molar-refractivity contribution in [3.63, 3.8) is 0 Å². The van der Waals surface area contributed by atoms with E-state index in [-0.39, 0.29) is 18.4 Å². The lowest BCUT2D eigenvalue weighted by Crippen LogP contribution is -2.30. The fraction of sp³-hybridized carbons (Fsp3) is 0.467. The monoisotopic (exact) mass is 277 g/mol. The summed E-state index contributed by atoms with van der Waals surface area (Å²) in [7, 11) is 1.55. The van der Waals surface area contributed by atoms with Crippen molar-refractivity contribution in [2.24, 2.45) is 5.92 Å². The zero-order valence-electron chi connectivity index (χ0n) is 11.5. The maximum absolute atomic E-state index is 12.0. The second-order valence-electron chi connectivity index (χ2n) is 5.00. The first-order valence-electron chi connectivity index (χ1n) is 6.68. The molecule has 0 unspecified atom stereocenters. The number of carboxylic acids is 1. The molecule has 1 saturated heterocycles. The van der Waals surface area contributed by atoms with Gasteiger partial charge in [-0.05, 0) is 5.56 Å². The summed E-state index contributed by atoms with van der Waals surface area (Å²) < 4.78 is 4.89. The van der Waals surface area contributed by atoms with E-state index in [9.17, 15) is 14.7 Å². The van der Waals surface area contributed by atoms with Crippen molar-refractivity contribution >= 4 is 11.9 Å². The van der Waals surface area contributed by atoms with Crippen LogP contribution in [0.25, 0.3) is 0 Å². The molecule has 1 aromatic carbocycles. The number of hydrogen-bond donors (Lipinski definition) is 1. The van der Waals surface area contributed by atoms with E-state index >= 15 is 0 Å². The molecule has 1 fully saturated rings. The van der Waals surface area contributed by atoms with Crippen LogP contribution < -0.4 is 0 Å². The smallest absolute Gasteiger partial charge is 0.308 e. The van der Waals surface area contributed by atoms with Gasteiger partial charge in [0, 0.05) is 26.1 Å². The van der Waals surface area contributed by atoms with Crippen LogP contribution in [-0.4, -0.2) is 48.7 Å². The lowest BCUT2D eigenvalue weighted by molar-refractivity contribution is -0.141. The zero-order valence-corrected chi connectivity index (χ0v) is 11.5. The van der Waals surface area contributed by atoms with Crippen LogP contribution in [0.5, 0.6) is 0 Å². The lowest BCUT2D eigenvalue weighted by Gasteiger charge is -2.16. The van der Waals surface area contributed by atoms with Crippen LogP contribution >= 0.6 is 0 Å². The number of carbonyl (C=O) groups excluding carboxylic acids is 1. The molecule has 0 spiro atoms. The molecular weight excluding hydrogens is 258 g/mol. The Morgan fingerprint density at radius 1 is 1.30 bits per heavy atom. The van der Waals surface area contributed by atoms with E-state index < -0.39 is 11.9 Å². The molecule has 0 aromatic heterocycles. The number of carbonyl (C=O) groups is 2. The molecule has 2 rings (SSSR count). The number of hydrogen-bond acceptors (Lipinski definition) is 3. The summed E-state index contributed by atoms with van der Waals surface area (Å²) in [5.74, 6) is -1.57. The SMILES string of the molecule is COCCC(=O)N1C[C@H](C(=O)O)[C@H](c2ccccc2)C1. The number of methoxy groups -OCH3 is 1. The normalized spacial score (nSPS) is 21.9. The van der Waals surface area contributed by atoms with Gasteiger partial charge in [0.15, 0.2) is 0 Å². The van der Waals surface area contributed by atoms with Crippen molar-refractivity contribution in [1.29, 1.82) is 0 Å². The molecule has 5 nitrogen and oxygen atoms in total. The summed E-state index contributed by atoms with van der Waals surface area (Å²) in [5.41, 5.74) is 0.974. The highest BCUT2D eigenvalue weighted by Gasteiger charge is 2.40. The molecule has 108 valence electrons. The van der Waals surface area contributed by atoms with E-state index in [1.807, 2.05) is 30.3 Å². The van der Waals surface area contributed by atoms with Gasteiger partial charge in [0.05, 0.1) is 18.9 Å². The van der Waals surface area contributed by atoms with Gasteiger partial charge >= 0.3 is 5.97 Å². The van der Waals surface area contributed by atoms with Gasteiger partial charge in [-0.15, -0.1) is 0 Å². The molecule has 0 aliphatic carbocycles. The van der Waals surface area contributed by atoms with Crippen molar-refractivity contribution in [1.82, 2.24) is 4.90 Å². The van der Waals surface area contributed by atoms with Gasteiger partial charge in [0.2, 0.25) is 5.91 Å². The minimum atomic E-state index is -0.846. The maximum atomic E-state index is 12.0. The zero-order chi connectivity index (χ0) is 14.5. The van der Waals surface area contributed by atoms with E-state index in [0.29, 0.717) is 19.6 Å². The molecule has 5 heteroatoms. The van der Waals surface area contributed by atoms with Gasteiger partial charge in [-0.1, -0.05) is 30.3 Å². The van der Waals surface area contributed by atoms with Gasteiger partial charge in [0.25, 0.3) is 0 Å². The fourth-order valence-corrected chi connectivity index (χ4v) is 2.64. The van der Waals surface area contributed by atoms with Crippen LogP contribution in [0.3, 0.4) is 0 Å². The highest BCUT2D eigenvalue weighted by molar-refractivity contribution is 5.79. The molecule has 1 heterocycles. The average Bonchev–Trinajstić information content (AvgIpc) is 2.91. The van der Waals surface area contributed by atoms with Gasteiger partial charge in [-0.25, -0.2) is 0 Å². The predicted molar refractivity (Wildman–Crippen MR) is 73.4 cm³/mol. The Morgan fingerprint density at radius 3 is 2.60 bits per heavy atom. The molecule has 1 amide bonds. The molecule has 0 radical (unpaired) electrons. The second kappa shape index (κ2) is 6.52.